The number of benzene rings is 1. The Labute approximate surface area is 108 Å². The fraction of sp³-hybridized carbons (Fsp3) is 0.533. The Hall–Kier alpha value is -1.35. The average molecular weight is 243 g/mol. The van der Waals surface area contributed by atoms with Crippen LogP contribution in [0, 0.1) is 0 Å². The topological polar surface area (TPSA) is 43.8 Å². The summed E-state index contributed by atoms with van der Waals surface area (Å²) >= 11 is 0. The Morgan fingerprint density at radius 3 is 2.72 bits per heavy atom. The van der Waals surface area contributed by atoms with Gasteiger partial charge in [-0.25, -0.2) is 4.98 Å². The van der Waals surface area contributed by atoms with Crippen LogP contribution in [0.25, 0.3) is 11.0 Å². The van der Waals surface area contributed by atoms with Crippen LogP contribution in [-0.4, -0.2) is 16.1 Å². The van der Waals surface area contributed by atoms with Crippen LogP contribution in [0.5, 0.6) is 0 Å². The molecule has 1 aliphatic carbocycles. The number of aromatic nitrogens is 2. The third-order valence-electron chi connectivity index (χ3n) is 4.44. The molecule has 1 saturated carbocycles. The van der Waals surface area contributed by atoms with Crippen LogP contribution in [0.1, 0.15) is 44.7 Å². The number of hydrogen-bond acceptors (Lipinski definition) is 2. The fourth-order valence-corrected chi connectivity index (χ4v) is 2.99. The van der Waals surface area contributed by atoms with E-state index in [1.165, 1.54) is 30.3 Å². The van der Waals surface area contributed by atoms with Gasteiger partial charge in [0.15, 0.2) is 0 Å². The van der Waals surface area contributed by atoms with Gasteiger partial charge in [-0.05, 0) is 44.4 Å². The molecule has 0 saturated heterocycles. The van der Waals surface area contributed by atoms with Crippen LogP contribution >= 0.6 is 0 Å². The molecule has 1 aromatic heterocycles. The zero-order chi connectivity index (χ0) is 12.8. The molecule has 0 aliphatic heterocycles. The van der Waals surface area contributed by atoms with E-state index < -0.39 is 0 Å². The number of nitrogens with two attached hydrogens (primary N) is 1. The maximum Gasteiger partial charge on any atom is 0.0960 e. The summed E-state index contributed by atoms with van der Waals surface area (Å²) < 4.78 is 2.22. The number of imidazole rings is 1. The van der Waals surface area contributed by atoms with Crippen molar-refractivity contribution in [2.24, 2.45) is 5.73 Å². The molecule has 0 unspecified atom stereocenters. The Morgan fingerprint density at radius 2 is 2.17 bits per heavy atom. The van der Waals surface area contributed by atoms with Crippen molar-refractivity contribution in [2.45, 2.75) is 44.6 Å². The van der Waals surface area contributed by atoms with Gasteiger partial charge in [-0.3, -0.25) is 0 Å². The third kappa shape index (κ3) is 1.57. The Kier molecular flexibility index (Phi) is 2.67. The zero-order valence-corrected chi connectivity index (χ0v) is 11.2. The second kappa shape index (κ2) is 4.09. The van der Waals surface area contributed by atoms with Gasteiger partial charge in [-0.2, -0.15) is 0 Å². The van der Waals surface area contributed by atoms with Gasteiger partial charge >= 0.3 is 0 Å². The van der Waals surface area contributed by atoms with E-state index in [0.29, 0.717) is 6.04 Å². The summed E-state index contributed by atoms with van der Waals surface area (Å²) in [6.45, 7) is 5.12. The summed E-state index contributed by atoms with van der Waals surface area (Å²) in [6.07, 6.45) is 5.68. The first-order valence-corrected chi connectivity index (χ1v) is 6.83. The van der Waals surface area contributed by atoms with E-state index in [-0.39, 0.29) is 5.41 Å². The highest BCUT2D eigenvalue weighted by molar-refractivity contribution is 5.76. The molecule has 3 heteroatoms. The minimum absolute atomic E-state index is 0.232. The van der Waals surface area contributed by atoms with E-state index >= 15 is 0 Å². The Bertz CT molecular complexity index is 559. The van der Waals surface area contributed by atoms with Crippen molar-refractivity contribution in [3.63, 3.8) is 0 Å². The predicted molar refractivity (Wildman–Crippen MR) is 74.7 cm³/mol. The van der Waals surface area contributed by atoms with E-state index in [1.807, 2.05) is 6.33 Å². The molecule has 0 atom stereocenters. The standard InChI is InChI=1S/C15H21N3/c1-11(2)18-10-17-13-8-12(4-5-14(13)18)15(9-16)6-3-7-15/h4-5,8,10-11H,3,6-7,9,16H2,1-2H3. The lowest BCUT2D eigenvalue weighted by atomic mass is 9.64. The van der Waals surface area contributed by atoms with E-state index in [4.69, 9.17) is 5.73 Å². The van der Waals surface area contributed by atoms with E-state index in [1.54, 1.807) is 0 Å². The summed E-state index contributed by atoms with van der Waals surface area (Å²) in [5.41, 5.74) is 9.90. The van der Waals surface area contributed by atoms with Crippen molar-refractivity contribution >= 4 is 11.0 Å². The summed E-state index contributed by atoms with van der Waals surface area (Å²) in [6, 6.07) is 7.13. The van der Waals surface area contributed by atoms with Crippen LogP contribution in [-0.2, 0) is 5.41 Å². The third-order valence-corrected chi connectivity index (χ3v) is 4.44. The molecule has 96 valence electrons. The van der Waals surface area contributed by atoms with Gasteiger partial charge in [0.25, 0.3) is 0 Å². The Balaban J connectivity index is 2.07. The number of rotatable bonds is 3. The monoisotopic (exact) mass is 243 g/mol. The average Bonchev–Trinajstić information content (AvgIpc) is 2.71. The van der Waals surface area contributed by atoms with E-state index in [9.17, 15) is 0 Å². The van der Waals surface area contributed by atoms with Gasteiger partial charge in [-0.1, -0.05) is 12.5 Å². The van der Waals surface area contributed by atoms with Crippen molar-refractivity contribution < 1.29 is 0 Å². The highest BCUT2D eigenvalue weighted by Crippen LogP contribution is 2.43. The molecule has 1 aromatic carbocycles. The molecule has 0 amide bonds. The molecule has 3 rings (SSSR count). The molecular formula is C15H21N3. The second-order valence-corrected chi connectivity index (χ2v) is 5.79. The van der Waals surface area contributed by atoms with Crippen molar-refractivity contribution in [1.29, 1.82) is 0 Å². The maximum atomic E-state index is 5.97. The van der Waals surface area contributed by atoms with Crippen LogP contribution in [0.2, 0.25) is 0 Å². The molecule has 0 spiro atoms. The Morgan fingerprint density at radius 1 is 1.39 bits per heavy atom. The summed E-state index contributed by atoms with van der Waals surface area (Å²) in [5.74, 6) is 0. The SMILES string of the molecule is CC(C)n1cnc2cc(C3(CN)CCC3)ccc21. The van der Waals surface area contributed by atoms with Gasteiger partial charge in [-0.15, -0.1) is 0 Å². The normalized spacial score (nSPS) is 18.2. The first-order valence-electron chi connectivity index (χ1n) is 6.83. The van der Waals surface area contributed by atoms with E-state index in [0.717, 1.165) is 12.1 Å². The first kappa shape index (κ1) is 11.7. The zero-order valence-electron chi connectivity index (χ0n) is 11.2. The lowest BCUT2D eigenvalue weighted by Gasteiger charge is -2.41. The van der Waals surface area contributed by atoms with Crippen molar-refractivity contribution in [3.8, 4) is 0 Å². The first-order chi connectivity index (χ1) is 8.66. The molecule has 3 nitrogen and oxygen atoms in total. The molecule has 1 aliphatic rings. The van der Waals surface area contributed by atoms with Crippen molar-refractivity contribution in [2.75, 3.05) is 6.54 Å². The van der Waals surface area contributed by atoms with Gasteiger partial charge in [0.1, 0.15) is 0 Å². The highest BCUT2D eigenvalue weighted by Gasteiger charge is 2.37. The van der Waals surface area contributed by atoms with Crippen LogP contribution in [0.4, 0.5) is 0 Å². The summed E-state index contributed by atoms with van der Waals surface area (Å²) in [7, 11) is 0. The van der Waals surface area contributed by atoms with Gasteiger partial charge in [0, 0.05) is 18.0 Å². The van der Waals surface area contributed by atoms with Crippen LogP contribution in [0.15, 0.2) is 24.5 Å². The van der Waals surface area contributed by atoms with Crippen LogP contribution in [0.3, 0.4) is 0 Å². The maximum absolute atomic E-state index is 5.97. The number of hydrogen-bond donors (Lipinski definition) is 1. The van der Waals surface area contributed by atoms with Crippen LogP contribution < -0.4 is 5.73 Å². The lowest BCUT2D eigenvalue weighted by Crippen LogP contribution is -2.41. The molecule has 2 N–H and O–H groups in total. The number of fused-ring (bicyclic) bond motifs is 1. The molecule has 0 radical (unpaired) electrons. The van der Waals surface area contributed by atoms with E-state index in [2.05, 4.69) is 41.6 Å². The lowest BCUT2D eigenvalue weighted by molar-refractivity contribution is 0.253. The molecule has 1 heterocycles. The van der Waals surface area contributed by atoms with Gasteiger partial charge < -0.3 is 10.3 Å². The molecule has 1 fully saturated rings. The smallest absolute Gasteiger partial charge is 0.0960 e. The largest absolute Gasteiger partial charge is 0.330 e. The minimum atomic E-state index is 0.232. The van der Waals surface area contributed by atoms with Crippen molar-refractivity contribution in [1.82, 2.24) is 9.55 Å². The molecule has 18 heavy (non-hydrogen) atoms. The summed E-state index contributed by atoms with van der Waals surface area (Å²) in [5, 5.41) is 0. The minimum Gasteiger partial charge on any atom is -0.330 e. The fourth-order valence-electron chi connectivity index (χ4n) is 2.99. The molecular weight excluding hydrogens is 222 g/mol. The van der Waals surface area contributed by atoms with Gasteiger partial charge in [0.2, 0.25) is 0 Å². The highest BCUT2D eigenvalue weighted by atomic mass is 15.1. The van der Waals surface area contributed by atoms with Crippen molar-refractivity contribution in [3.05, 3.63) is 30.1 Å². The summed E-state index contributed by atoms with van der Waals surface area (Å²) in [4.78, 5) is 4.53. The van der Waals surface area contributed by atoms with Gasteiger partial charge in [0.05, 0.1) is 17.4 Å². The second-order valence-electron chi connectivity index (χ2n) is 5.79. The molecule has 0 bridgehead atoms. The number of nitrogens with zero attached hydrogens (tertiary/aromatic N) is 2. The quantitative estimate of drug-likeness (QED) is 0.900. The predicted octanol–water partition coefficient (Wildman–Crippen LogP) is 3.00. The molecule has 2 aromatic rings.